The third-order valence-corrected chi connectivity index (χ3v) is 6.17. The van der Waals surface area contributed by atoms with Crippen LogP contribution < -0.4 is 10.0 Å². The van der Waals surface area contributed by atoms with Crippen molar-refractivity contribution in [1.29, 1.82) is 0 Å². The highest BCUT2D eigenvalue weighted by atomic mass is 32.2. The molecular formula is C14H24N2O2S2. The van der Waals surface area contributed by atoms with Gasteiger partial charge >= 0.3 is 0 Å². The Labute approximate surface area is 126 Å². The van der Waals surface area contributed by atoms with Crippen LogP contribution in [0.15, 0.2) is 17.5 Å². The molecular weight excluding hydrogens is 292 g/mol. The molecule has 0 saturated heterocycles. The van der Waals surface area contributed by atoms with Crippen LogP contribution in [0.5, 0.6) is 0 Å². The van der Waals surface area contributed by atoms with Gasteiger partial charge in [-0.3, -0.25) is 0 Å². The first kappa shape index (κ1) is 15.9. The van der Waals surface area contributed by atoms with E-state index in [0.717, 1.165) is 6.54 Å². The predicted octanol–water partition coefficient (Wildman–Crippen LogP) is 2.09. The summed E-state index contributed by atoms with van der Waals surface area (Å²) in [4.78, 5) is 1.20. The molecule has 1 aromatic rings. The molecule has 1 heterocycles. The summed E-state index contributed by atoms with van der Waals surface area (Å²) in [5.41, 5.74) is -0.159. The summed E-state index contributed by atoms with van der Waals surface area (Å²) in [6.45, 7) is 5.37. The standard InChI is InChI=1S/C14H24N2O2S2/c1-14(2,13-5-3-9-19-13)11-16-20(17,18)10-4-8-15-12-6-7-12/h3,5,9,12,15-16H,4,6-8,10-11H2,1-2H3. The van der Waals surface area contributed by atoms with Crippen molar-refractivity contribution in [3.05, 3.63) is 22.4 Å². The second-order valence-electron chi connectivity index (χ2n) is 6.08. The fraction of sp³-hybridized carbons (Fsp3) is 0.714. The summed E-state index contributed by atoms with van der Waals surface area (Å²) in [7, 11) is -3.17. The molecule has 1 aliphatic carbocycles. The van der Waals surface area contributed by atoms with Crippen LogP contribution in [0.3, 0.4) is 0 Å². The van der Waals surface area contributed by atoms with Crippen LogP contribution in [0.4, 0.5) is 0 Å². The Hall–Kier alpha value is -0.430. The minimum atomic E-state index is -3.17. The van der Waals surface area contributed by atoms with Gasteiger partial charge in [-0.2, -0.15) is 0 Å². The van der Waals surface area contributed by atoms with Crippen LogP contribution in [0, 0.1) is 0 Å². The SMILES string of the molecule is CC(C)(CNS(=O)(=O)CCCNC1CC1)c1cccs1. The van der Waals surface area contributed by atoms with E-state index in [9.17, 15) is 8.42 Å². The smallest absolute Gasteiger partial charge is 0.211 e. The summed E-state index contributed by atoms with van der Waals surface area (Å²) < 4.78 is 26.7. The Morgan fingerprint density at radius 3 is 2.75 bits per heavy atom. The molecule has 0 spiro atoms. The molecule has 2 N–H and O–H groups in total. The predicted molar refractivity (Wildman–Crippen MR) is 84.8 cm³/mol. The monoisotopic (exact) mass is 316 g/mol. The van der Waals surface area contributed by atoms with E-state index < -0.39 is 10.0 Å². The number of thiophene rings is 1. The highest BCUT2D eigenvalue weighted by Crippen LogP contribution is 2.26. The molecule has 1 aliphatic rings. The zero-order valence-corrected chi connectivity index (χ0v) is 13.8. The molecule has 0 radical (unpaired) electrons. The van der Waals surface area contributed by atoms with Gasteiger partial charge in [0, 0.05) is 22.9 Å². The van der Waals surface area contributed by atoms with Gasteiger partial charge in [-0.05, 0) is 37.3 Å². The van der Waals surface area contributed by atoms with Gasteiger partial charge < -0.3 is 5.32 Å². The van der Waals surface area contributed by atoms with Gasteiger partial charge in [-0.15, -0.1) is 11.3 Å². The molecule has 4 nitrogen and oxygen atoms in total. The summed E-state index contributed by atoms with van der Waals surface area (Å²) >= 11 is 1.67. The van der Waals surface area contributed by atoms with E-state index in [-0.39, 0.29) is 11.2 Å². The Morgan fingerprint density at radius 1 is 1.40 bits per heavy atom. The van der Waals surface area contributed by atoms with Crippen molar-refractivity contribution in [3.63, 3.8) is 0 Å². The Bertz CT molecular complexity index is 505. The van der Waals surface area contributed by atoms with Crippen LogP contribution >= 0.6 is 11.3 Å². The highest BCUT2D eigenvalue weighted by Gasteiger charge is 2.24. The fourth-order valence-electron chi connectivity index (χ4n) is 1.97. The van der Waals surface area contributed by atoms with E-state index in [1.165, 1.54) is 17.7 Å². The third kappa shape index (κ3) is 5.16. The highest BCUT2D eigenvalue weighted by molar-refractivity contribution is 7.89. The molecule has 114 valence electrons. The third-order valence-electron chi connectivity index (χ3n) is 3.52. The van der Waals surface area contributed by atoms with E-state index in [4.69, 9.17) is 0 Å². The molecule has 1 aromatic heterocycles. The maximum Gasteiger partial charge on any atom is 0.211 e. The summed E-state index contributed by atoms with van der Waals surface area (Å²) in [5.74, 6) is 0.202. The van der Waals surface area contributed by atoms with Crippen LogP contribution in [0.25, 0.3) is 0 Å². The molecule has 0 atom stereocenters. The molecule has 0 aromatic carbocycles. The largest absolute Gasteiger partial charge is 0.314 e. The lowest BCUT2D eigenvalue weighted by Crippen LogP contribution is -2.37. The van der Waals surface area contributed by atoms with Crippen molar-refractivity contribution < 1.29 is 8.42 Å². The quantitative estimate of drug-likeness (QED) is 0.686. The topological polar surface area (TPSA) is 58.2 Å². The van der Waals surface area contributed by atoms with Gasteiger partial charge in [-0.25, -0.2) is 13.1 Å². The van der Waals surface area contributed by atoms with Gasteiger partial charge in [0.2, 0.25) is 10.0 Å². The lowest BCUT2D eigenvalue weighted by molar-refractivity contribution is 0.508. The lowest BCUT2D eigenvalue weighted by atomic mass is 9.92. The van der Waals surface area contributed by atoms with Crippen LogP contribution in [0.1, 0.15) is 38.0 Å². The van der Waals surface area contributed by atoms with E-state index in [1.807, 2.05) is 11.4 Å². The average molecular weight is 316 g/mol. The van der Waals surface area contributed by atoms with Crippen molar-refractivity contribution in [2.45, 2.75) is 44.6 Å². The molecule has 0 bridgehead atoms. The first-order valence-corrected chi connectivity index (χ1v) is 9.67. The van der Waals surface area contributed by atoms with Gasteiger partial charge in [0.15, 0.2) is 0 Å². The molecule has 0 amide bonds. The Balaban J connectivity index is 1.73. The van der Waals surface area contributed by atoms with Crippen LogP contribution in [-0.2, 0) is 15.4 Å². The van der Waals surface area contributed by atoms with Crippen molar-refractivity contribution in [2.24, 2.45) is 0 Å². The summed E-state index contributed by atoms with van der Waals surface area (Å²) in [6.07, 6.45) is 3.14. The van der Waals surface area contributed by atoms with Crippen LogP contribution in [0.2, 0.25) is 0 Å². The molecule has 1 fully saturated rings. The Kier molecular flexibility index (Phi) is 5.23. The van der Waals surface area contributed by atoms with Crippen molar-refractivity contribution in [2.75, 3.05) is 18.8 Å². The summed E-state index contributed by atoms with van der Waals surface area (Å²) in [6, 6.07) is 4.70. The van der Waals surface area contributed by atoms with E-state index in [0.29, 0.717) is 19.0 Å². The fourth-order valence-corrected chi connectivity index (χ4v) is 4.07. The number of hydrogen-bond acceptors (Lipinski definition) is 4. The van der Waals surface area contributed by atoms with Crippen LogP contribution in [-0.4, -0.2) is 33.3 Å². The minimum absolute atomic E-state index is 0.159. The second-order valence-corrected chi connectivity index (χ2v) is 8.96. The van der Waals surface area contributed by atoms with Crippen molar-refractivity contribution in [1.82, 2.24) is 10.0 Å². The Morgan fingerprint density at radius 2 is 2.15 bits per heavy atom. The second kappa shape index (κ2) is 6.56. The van der Waals surface area contributed by atoms with Crippen molar-refractivity contribution in [3.8, 4) is 0 Å². The number of rotatable bonds is 9. The zero-order valence-electron chi connectivity index (χ0n) is 12.2. The average Bonchev–Trinajstić information content (AvgIpc) is 3.02. The minimum Gasteiger partial charge on any atom is -0.314 e. The first-order chi connectivity index (χ1) is 9.39. The van der Waals surface area contributed by atoms with Gasteiger partial charge in [0.1, 0.15) is 0 Å². The first-order valence-electron chi connectivity index (χ1n) is 7.14. The molecule has 1 saturated carbocycles. The molecule has 6 heteroatoms. The molecule has 20 heavy (non-hydrogen) atoms. The zero-order chi connectivity index (χ0) is 14.6. The summed E-state index contributed by atoms with van der Waals surface area (Å²) in [5, 5.41) is 5.36. The van der Waals surface area contributed by atoms with Gasteiger partial charge in [0.25, 0.3) is 0 Å². The molecule has 0 unspecified atom stereocenters. The van der Waals surface area contributed by atoms with E-state index >= 15 is 0 Å². The molecule has 2 rings (SSSR count). The number of hydrogen-bond donors (Lipinski definition) is 2. The maximum absolute atomic E-state index is 12.0. The van der Waals surface area contributed by atoms with Crippen molar-refractivity contribution >= 4 is 21.4 Å². The number of sulfonamides is 1. The van der Waals surface area contributed by atoms with E-state index in [2.05, 4.69) is 30.0 Å². The molecule has 0 aliphatic heterocycles. The van der Waals surface area contributed by atoms with Gasteiger partial charge in [-0.1, -0.05) is 19.9 Å². The normalized spacial score (nSPS) is 16.5. The van der Waals surface area contributed by atoms with E-state index in [1.54, 1.807) is 11.3 Å². The number of nitrogens with one attached hydrogen (secondary N) is 2. The maximum atomic E-state index is 12.0. The lowest BCUT2D eigenvalue weighted by Gasteiger charge is -2.23. The van der Waals surface area contributed by atoms with Gasteiger partial charge in [0.05, 0.1) is 5.75 Å².